The highest BCUT2D eigenvalue weighted by Crippen LogP contribution is 2.71. The highest BCUT2D eigenvalue weighted by Gasteiger charge is 2.81. The first-order chi connectivity index (χ1) is 14.1. The number of esters is 3. The molecule has 0 N–H and O–H groups in total. The van der Waals surface area contributed by atoms with Gasteiger partial charge in [0.05, 0.1) is 26.2 Å². The molecular weight excluding hydrogens is 388 g/mol. The zero-order valence-electron chi connectivity index (χ0n) is 18.7. The average molecular weight is 423 g/mol. The highest BCUT2D eigenvalue weighted by atomic mass is 16.6. The molecule has 7 heteroatoms. The number of methoxy groups -OCH3 is 1. The van der Waals surface area contributed by atoms with Crippen molar-refractivity contribution in [3.05, 3.63) is 0 Å². The molecule has 4 aliphatic rings. The zero-order chi connectivity index (χ0) is 21.9. The van der Waals surface area contributed by atoms with Crippen molar-refractivity contribution in [1.82, 2.24) is 0 Å². The van der Waals surface area contributed by atoms with Gasteiger partial charge in [-0.2, -0.15) is 0 Å². The Morgan fingerprint density at radius 3 is 2.57 bits per heavy atom. The number of fused-ring (bicyclic) bond motifs is 3. The third-order valence-electron chi connectivity index (χ3n) is 8.89. The lowest BCUT2D eigenvalue weighted by Gasteiger charge is -2.60. The van der Waals surface area contributed by atoms with Crippen molar-refractivity contribution in [2.45, 2.75) is 84.0 Å². The van der Waals surface area contributed by atoms with Crippen LogP contribution < -0.4 is 0 Å². The molecule has 0 aromatic rings. The van der Waals surface area contributed by atoms with E-state index in [-0.39, 0.29) is 47.2 Å². The molecule has 4 fully saturated rings. The SMILES string of the molecule is COC(=O)[C@@]12[C@@H](OC(C)=O)C[C@@H](C)[C@](C)(CCC3COC(=O)C3)[C@H]1CC[C@@H]1O[C@@]12C. The van der Waals surface area contributed by atoms with Crippen LogP contribution in [0.5, 0.6) is 0 Å². The summed E-state index contributed by atoms with van der Waals surface area (Å²) in [5.41, 5.74) is -1.87. The van der Waals surface area contributed by atoms with Crippen molar-refractivity contribution in [2.75, 3.05) is 13.7 Å². The summed E-state index contributed by atoms with van der Waals surface area (Å²) in [5.74, 6) is -0.412. The Labute approximate surface area is 178 Å². The molecule has 2 aliphatic carbocycles. The van der Waals surface area contributed by atoms with Crippen LogP contribution in [0.2, 0.25) is 0 Å². The van der Waals surface area contributed by atoms with Gasteiger partial charge in [0, 0.05) is 12.8 Å². The van der Waals surface area contributed by atoms with Gasteiger partial charge in [-0.05, 0) is 56.3 Å². The maximum Gasteiger partial charge on any atom is 0.318 e. The number of rotatable bonds is 5. The van der Waals surface area contributed by atoms with Gasteiger partial charge in [0.2, 0.25) is 0 Å². The van der Waals surface area contributed by atoms with E-state index in [0.29, 0.717) is 19.4 Å². The van der Waals surface area contributed by atoms with Crippen molar-refractivity contribution in [2.24, 2.45) is 28.6 Å². The molecule has 168 valence electrons. The molecule has 0 aromatic heterocycles. The summed E-state index contributed by atoms with van der Waals surface area (Å²) in [6.45, 7) is 8.31. The van der Waals surface area contributed by atoms with Gasteiger partial charge in [-0.1, -0.05) is 13.8 Å². The van der Waals surface area contributed by atoms with Crippen molar-refractivity contribution in [3.8, 4) is 0 Å². The number of carbonyl (C=O) groups is 3. The van der Waals surface area contributed by atoms with Gasteiger partial charge in [0.25, 0.3) is 0 Å². The number of ether oxygens (including phenoxy) is 4. The van der Waals surface area contributed by atoms with Gasteiger partial charge in [-0.3, -0.25) is 14.4 Å². The largest absolute Gasteiger partial charge is 0.468 e. The summed E-state index contributed by atoms with van der Waals surface area (Å²) in [5, 5.41) is 0. The lowest BCUT2D eigenvalue weighted by atomic mass is 9.43. The second-order valence-electron chi connectivity index (χ2n) is 10.2. The van der Waals surface area contributed by atoms with Crippen LogP contribution in [-0.2, 0) is 33.3 Å². The molecule has 4 rings (SSSR count). The van der Waals surface area contributed by atoms with Crippen LogP contribution in [0, 0.1) is 28.6 Å². The maximum atomic E-state index is 13.5. The molecule has 8 atom stereocenters. The van der Waals surface area contributed by atoms with Gasteiger partial charge < -0.3 is 18.9 Å². The molecule has 2 saturated heterocycles. The van der Waals surface area contributed by atoms with Crippen molar-refractivity contribution < 1.29 is 33.3 Å². The van der Waals surface area contributed by atoms with Crippen LogP contribution in [-0.4, -0.2) is 49.4 Å². The van der Waals surface area contributed by atoms with Gasteiger partial charge in [0.15, 0.2) is 0 Å². The van der Waals surface area contributed by atoms with Gasteiger partial charge in [0.1, 0.15) is 17.1 Å². The second-order valence-corrected chi connectivity index (χ2v) is 10.2. The lowest BCUT2D eigenvalue weighted by molar-refractivity contribution is -0.219. The minimum Gasteiger partial charge on any atom is -0.468 e. The van der Waals surface area contributed by atoms with E-state index in [0.717, 1.165) is 25.7 Å². The van der Waals surface area contributed by atoms with Gasteiger partial charge >= 0.3 is 17.9 Å². The first kappa shape index (κ1) is 21.6. The number of hydrogen-bond donors (Lipinski definition) is 0. The number of hydrogen-bond acceptors (Lipinski definition) is 7. The summed E-state index contributed by atoms with van der Waals surface area (Å²) in [7, 11) is 1.41. The summed E-state index contributed by atoms with van der Waals surface area (Å²) >= 11 is 0. The first-order valence-electron chi connectivity index (χ1n) is 11.2. The maximum absolute atomic E-state index is 13.5. The Bertz CT molecular complexity index is 750. The van der Waals surface area contributed by atoms with E-state index in [1.54, 1.807) is 0 Å². The van der Waals surface area contributed by atoms with Crippen molar-refractivity contribution >= 4 is 17.9 Å². The molecule has 0 aromatic carbocycles. The topological polar surface area (TPSA) is 91.4 Å². The molecule has 2 heterocycles. The highest BCUT2D eigenvalue weighted by molar-refractivity contribution is 5.82. The van der Waals surface area contributed by atoms with E-state index in [1.165, 1.54) is 14.0 Å². The van der Waals surface area contributed by atoms with E-state index in [4.69, 9.17) is 18.9 Å². The minimum absolute atomic E-state index is 0.00980. The smallest absolute Gasteiger partial charge is 0.318 e. The summed E-state index contributed by atoms with van der Waals surface area (Å²) in [6.07, 6.45) is 3.95. The molecule has 2 aliphatic heterocycles. The van der Waals surface area contributed by atoms with Gasteiger partial charge in [-0.25, -0.2) is 0 Å². The normalized spacial score (nSPS) is 47.0. The van der Waals surface area contributed by atoms with Crippen LogP contribution in [0.3, 0.4) is 0 Å². The molecule has 30 heavy (non-hydrogen) atoms. The first-order valence-corrected chi connectivity index (χ1v) is 11.2. The average Bonchev–Trinajstić information content (AvgIpc) is 3.21. The quantitative estimate of drug-likeness (QED) is 0.382. The number of carbonyl (C=O) groups excluding carboxylic acids is 3. The predicted molar refractivity (Wildman–Crippen MR) is 106 cm³/mol. The summed E-state index contributed by atoms with van der Waals surface area (Å²) < 4.78 is 22.5. The van der Waals surface area contributed by atoms with Crippen LogP contribution in [0.1, 0.15) is 66.2 Å². The van der Waals surface area contributed by atoms with Crippen molar-refractivity contribution in [1.29, 1.82) is 0 Å². The Kier molecular flexibility index (Phi) is 5.19. The Hall–Kier alpha value is -1.63. The number of cyclic esters (lactones) is 1. The molecular formula is C23H34O7. The summed E-state index contributed by atoms with van der Waals surface area (Å²) in [4.78, 5) is 37.0. The fourth-order valence-corrected chi connectivity index (χ4v) is 7.04. The van der Waals surface area contributed by atoms with Gasteiger partial charge in [-0.15, -0.1) is 0 Å². The van der Waals surface area contributed by atoms with E-state index in [2.05, 4.69) is 13.8 Å². The molecule has 2 saturated carbocycles. The molecule has 0 bridgehead atoms. The van der Waals surface area contributed by atoms with E-state index < -0.39 is 17.1 Å². The molecule has 0 radical (unpaired) electrons. The van der Waals surface area contributed by atoms with Crippen LogP contribution in [0.25, 0.3) is 0 Å². The molecule has 7 nitrogen and oxygen atoms in total. The fourth-order valence-electron chi connectivity index (χ4n) is 7.04. The molecule has 1 unspecified atom stereocenters. The van der Waals surface area contributed by atoms with Crippen LogP contribution in [0.4, 0.5) is 0 Å². The second kappa shape index (κ2) is 7.21. The van der Waals surface area contributed by atoms with Crippen LogP contribution >= 0.6 is 0 Å². The zero-order valence-corrected chi connectivity index (χ0v) is 18.7. The minimum atomic E-state index is -1.01. The van der Waals surface area contributed by atoms with Crippen LogP contribution in [0.15, 0.2) is 0 Å². The Morgan fingerprint density at radius 2 is 1.97 bits per heavy atom. The van der Waals surface area contributed by atoms with E-state index >= 15 is 0 Å². The summed E-state index contributed by atoms with van der Waals surface area (Å²) in [6, 6.07) is 0. The monoisotopic (exact) mass is 422 g/mol. The third kappa shape index (κ3) is 2.91. The van der Waals surface area contributed by atoms with Crippen molar-refractivity contribution in [3.63, 3.8) is 0 Å². The lowest BCUT2D eigenvalue weighted by Crippen LogP contribution is -2.68. The van der Waals surface area contributed by atoms with E-state index in [1.807, 2.05) is 6.92 Å². The third-order valence-corrected chi connectivity index (χ3v) is 8.89. The standard InChI is InChI=1S/C23H34O7/c1-13-10-18(29-14(2)24)23(20(26)27-5)16(6-7-17-22(23,4)30-17)21(13,3)9-8-15-11-19(25)28-12-15/h13,15-18H,6-12H2,1-5H3/t13-,15?,16-,17+,18+,21+,22+,23+/m1/s1. The Morgan fingerprint density at radius 1 is 1.23 bits per heavy atom. The Balaban J connectivity index is 1.72. The molecule has 0 amide bonds. The fraction of sp³-hybridized carbons (Fsp3) is 0.870. The number of epoxide rings is 1. The predicted octanol–water partition coefficient (Wildman–Crippen LogP) is 3.03. The molecule has 0 spiro atoms. The van der Waals surface area contributed by atoms with E-state index in [9.17, 15) is 14.4 Å².